The number of nitrogens with one attached hydrogen (secondary N) is 1. The fourth-order valence-electron chi connectivity index (χ4n) is 2.31. The molecule has 0 spiro atoms. The van der Waals surface area contributed by atoms with Gasteiger partial charge in [0.15, 0.2) is 0 Å². The molecule has 0 aromatic heterocycles. The smallest absolute Gasteiger partial charge is 0.0693 e. The zero-order valence-electron chi connectivity index (χ0n) is 11.8. The van der Waals surface area contributed by atoms with Gasteiger partial charge in [0.1, 0.15) is 0 Å². The Morgan fingerprint density at radius 1 is 1.07 bits per heavy atom. The van der Waals surface area contributed by atoms with Crippen LogP contribution in [0.4, 0.5) is 0 Å². The van der Waals surface area contributed by atoms with Crippen LogP contribution in [-0.2, 0) is 4.74 Å². The van der Waals surface area contributed by atoms with Crippen molar-refractivity contribution in [2.45, 2.75) is 72.6 Å². The van der Waals surface area contributed by atoms with Crippen LogP contribution in [0.15, 0.2) is 0 Å². The van der Waals surface area contributed by atoms with Gasteiger partial charge in [-0.15, -0.1) is 0 Å². The first-order valence-corrected chi connectivity index (χ1v) is 5.88. The van der Waals surface area contributed by atoms with Gasteiger partial charge < -0.3 is 10.1 Å². The second kappa shape index (κ2) is 5.31. The van der Waals surface area contributed by atoms with Crippen LogP contribution in [0.5, 0.6) is 0 Å². The largest absolute Gasteiger partial charge is 0.380 e. The van der Waals surface area contributed by atoms with E-state index >= 15 is 0 Å². The van der Waals surface area contributed by atoms with Crippen molar-refractivity contribution in [1.82, 2.24) is 5.32 Å². The first-order chi connectivity index (χ1) is 6.57. The summed E-state index contributed by atoms with van der Waals surface area (Å²) >= 11 is 0. The van der Waals surface area contributed by atoms with Crippen LogP contribution in [0.3, 0.4) is 0 Å². The Labute approximate surface area is 95.8 Å². The van der Waals surface area contributed by atoms with Gasteiger partial charge in [-0.1, -0.05) is 20.8 Å². The average molecular weight is 215 g/mol. The molecule has 0 aliphatic rings. The predicted octanol–water partition coefficient (Wildman–Crippen LogP) is 3.21. The molecule has 0 rings (SSSR count). The maximum Gasteiger partial charge on any atom is 0.0693 e. The molecule has 0 aliphatic carbocycles. The highest BCUT2D eigenvalue weighted by atomic mass is 16.5. The van der Waals surface area contributed by atoms with Crippen LogP contribution in [-0.4, -0.2) is 24.8 Å². The molecular weight excluding hydrogens is 186 g/mol. The van der Waals surface area contributed by atoms with Crippen LogP contribution in [0.2, 0.25) is 0 Å². The van der Waals surface area contributed by atoms with Crippen molar-refractivity contribution < 1.29 is 4.74 Å². The Balaban J connectivity index is 4.25. The van der Waals surface area contributed by atoms with Gasteiger partial charge in [-0.05, 0) is 39.5 Å². The average Bonchev–Trinajstić information content (AvgIpc) is 1.96. The lowest BCUT2D eigenvalue weighted by Crippen LogP contribution is -2.50. The van der Waals surface area contributed by atoms with Crippen molar-refractivity contribution in [1.29, 1.82) is 0 Å². The van der Waals surface area contributed by atoms with Crippen molar-refractivity contribution in [2.24, 2.45) is 5.41 Å². The molecule has 0 saturated carbocycles. The molecule has 0 bridgehead atoms. The highest BCUT2D eigenvalue weighted by Crippen LogP contribution is 2.27. The van der Waals surface area contributed by atoms with E-state index in [1.165, 1.54) is 0 Å². The molecular formula is C13H29NO. The molecule has 2 atom stereocenters. The second-order valence-corrected chi connectivity index (χ2v) is 6.50. The topological polar surface area (TPSA) is 21.3 Å². The number of methoxy groups -OCH3 is 1. The van der Waals surface area contributed by atoms with Gasteiger partial charge in [0, 0.05) is 18.7 Å². The van der Waals surface area contributed by atoms with E-state index in [-0.39, 0.29) is 11.6 Å². The highest BCUT2D eigenvalue weighted by molar-refractivity contribution is 4.86. The first kappa shape index (κ1) is 14.9. The van der Waals surface area contributed by atoms with E-state index < -0.39 is 0 Å². The van der Waals surface area contributed by atoms with Crippen LogP contribution in [0.25, 0.3) is 0 Å². The normalized spacial score (nSPS) is 17.6. The van der Waals surface area contributed by atoms with Crippen LogP contribution < -0.4 is 5.32 Å². The van der Waals surface area contributed by atoms with E-state index in [1.807, 2.05) is 0 Å². The molecule has 2 nitrogen and oxygen atoms in total. The molecule has 0 aliphatic heterocycles. The van der Waals surface area contributed by atoms with E-state index in [0.717, 1.165) is 6.42 Å². The van der Waals surface area contributed by atoms with Crippen molar-refractivity contribution >= 4 is 0 Å². The summed E-state index contributed by atoms with van der Waals surface area (Å²) in [6, 6.07) is 0.382. The Bertz CT molecular complexity index is 181. The minimum absolute atomic E-state index is 0.157. The van der Waals surface area contributed by atoms with E-state index in [0.29, 0.717) is 11.5 Å². The minimum Gasteiger partial charge on any atom is -0.380 e. The summed E-state index contributed by atoms with van der Waals surface area (Å²) in [4.78, 5) is 0. The first-order valence-electron chi connectivity index (χ1n) is 5.88. The van der Waals surface area contributed by atoms with E-state index in [9.17, 15) is 0 Å². The van der Waals surface area contributed by atoms with Crippen molar-refractivity contribution in [2.75, 3.05) is 7.11 Å². The molecule has 0 aromatic rings. The lowest BCUT2D eigenvalue weighted by Gasteiger charge is -2.37. The number of hydrogen-bond acceptors (Lipinski definition) is 2. The van der Waals surface area contributed by atoms with Crippen LogP contribution in [0.1, 0.15) is 54.9 Å². The van der Waals surface area contributed by atoms with Crippen LogP contribution in [0, 0.1) is 5.41 Å². The number of rotatable bonds is 5. The molecule has 2 heteroatoms. The van der Waals surface area contributed by atoms with E-state index in [4.69, 9.17) is 4.74 Å². The van der Waals surface area contributed by atoms with Gasteiger partial charge in [-0.25, -0.2) is 0 Å². The molecule has 2 unspecified atom stereocenters. The number of hydrogen-bond donors (Lipinski definition) is 1. The fourth-order valence-corrected chi connectivity index (χ4v) is 2.31. The van der Waals surface area contributed by atoms with E-state index in [1.54, 1.807) is 7.11 Å². The third-order valence-electron chi connectivity index (χ3n) is 2.67. The Hall–Kier alpha value is -0.0800. The SMILES string of the molecule is COC(C)C(C)NC(C)(C)CC(C)(C)C. The predicted molar refractivity (Wildman–Crippen MR) is 67.2 cm³/mol. The van der Waals surface area contributed by atoms with Gasteiger partial charge in [-0.3, -0.25) is 0 Å². The molecule has 0 fully saturated rings. The summed E-state index contributed by atoms with van der Waals surface area (Å²) in [5, 5.41) is 3.64. The summed E-state index contributed by atoms with van der Waals surface area (Å²) in [7, 11) is 1.76. The summed E-state index contributed by atoms with van der Waals surface area (Å²) in [5.74, 6) is 0. The molecule has 0 heterocycles. The van der Waals surface area contributed by atoms with E-state index in [2.05, 4.69) is 53.8 Å². The molecule has 92 valence electrons. The summed E-state index contributed by atoms with van der Waals surface area (Å²) in [6.45, 7) is 15.6. The summed E-state index contributed by atoms with van der Waals surface area (Å²) in [5.41, 5.74) is 0.511. The van der Waals surface area contributed by atoms with Crippen LogP contribution >= 0.6 is 0 Å². The molecule has 0 amide bonds. The minimum atomic E-state index is 0.157. The number of ether oxygens (including phenoxy) is 1. The maximum atomic E-state index is 5.33. The monoisotopic (exact) mass is 215 g/mol. The third-order valence-corrected chi connectivity index (χ3v) is 2.67. The standard InChI is InChI=1S/C13H29NO/c1-10(11(2)15-8)14-13(6,7)9-12(3,4)5/h10-11,14H,9H2,1-8H3. The molecule has 15 heavy (non-hydrogen) atoms. The third kappa shape index (κ3) is 6.91. The quantitative estimate of drug-likeness (QED) is 0.760. The van der Waals surface area contributed by atoms with Gasteiger partial charge in [-0.2, -0.15) is 0 Å². The lowest BCUT2D eigenvalue weighted by atomic mass is 9.81. The van der Waals surface area contributed by atoms with Gasteiger partial charge in [0.05, 0.1) is 6.10 Å². The zero-order chi connectivity index (χ0) is 12.3. The Kier molecular flexibility index (Phi) is 5.28. The zero-order valence-corrected chi connectivity index (χ0v) is 11.8. The van der Waals surface area contributed by atoms with Gasteiger partial charge >= 0.3 is 0 Å². The molecule has 0 saturated heterocycles. The Morgan fingerprint density at radius 3 is 1.87 bits per heavy atom. The maximum absolute atomic E-state index is 5.33. The Morgan fingerprint density at radius 2 is 1.53 bits per heavy atom. The van der Waals surface area contributed by atoms with Gasteiger partial charge in [0.25, 0.3) is 0 Å². The lowest BCUT2D eigenvalue weighted by molar-refractivity contribution is 0.0723. The summed E-state index contributed by atoms with van der Waals surface area (Å²) < 4.78 is 5.33. The molecule has 0 aromatic carbocycles. The second-order valence-electron chi connectivity index (χ2n) is 6.50. The van der Waals surface area contributed by atoms with Crippen molar-refractivity contribution in [3.8, 4) is 0 Å². The summed E-state index contributed by atoms with van der Waals surface area (Å²) in [6.07, 6.45) is 1.41. The molecule has 0 radical (unpaired) electrons. The van der Waals surface area contributed by atoms with Crippen molar-refractivity contribution in [3.05, 3.63) is 0 Å². The van der Waals surface area contributed by atoms with Crippen molar-refractivity contribution in [3.63, 3.8) is 0 Å². The molecule has 1 N–H and O–H groups in total. The fraction of sp³-hybridized carbons (Fsp3) is 1.00. The van der Waals surface area contributed by atoms with Gasteiger partial charge in [0.2, 0.25) is 0 Å². The highest BCUT2D eigenvalue weighted by Gasteiger charge is 2.27.